The maximum Gasteiger partial charge on any atom is 0.256 e. The van der Waals surface area contributed by atoms with Crippen LogP contribution in [0.25, 0.3) is 0 Å². The molecule has 1 aromatic carbocycles. The molecular weight excluding hydrogens is 311 g/mol. The molecule has 23 heavy (non-hydrogen) atoms. The number of hydrogen-bond acceptors (Lipinski definition) is 4. The summed E-state index contributed by atoms with van der Waals surface area (Å²) in [5.41, 5.74) is 0.448. The molecule has 2 N–H and O–H groups in total. The molecule has 1 aromatic rings. The number of ether oxygens (including phenoxy) is 2. The highest BCUT2D eigenvalue weighted by atomic mass is 32.1. The first kappa shape index (κ1) is 15.0. The summed E-state index contributed by atoms with van der Waals surface area (Å²) < 4.78 is 11.8. The summed E-state index contributed by atoms with van der Waals surface area (Å²) in [6.45, 7) is 1.46. The summed E-state index contributed by atoms with van der Waals surface area (Å²) in [6, 6.07) is 5.42. The summed E-state index contributed by atoms with van der Waals surface area (Å²) in [4.78, 5) is 12.7. The summed E-state index contributed by atoms with van der Waals surface area (Å²) >= 11 is 5.17. The fourth-order valence-corrected chi connectivity index (χ4v) is 4.01. The minimum atomic E-state index is -0.901. The number of hydrogen-bond donors (Lipinski definition) is 2. The van der Waals surface area contributed by atoms with E-state index in [1.54, 1.807) is 12.1 Å². The first-order chi connectivity index (χ1) is 11.1. The van der Waals surface area contributed by atoms with E-state index in [9.17, 15) is 4.79 Å². The Labute approximate surface area is 141 Å². The molecule has 3 aliphatic heterocycles. The van der Waals surface area contributed by atoms with Gasteiger partial charge in [0.2, 0.25) is 0 Å². The van der Waals surface area contributed by atoms with Gasteiger partial charge >= 0.3 is 0 Å². The van der Waals surface area contributed by atoms with E-state index in [-0.39, 0.29) is 17.9 Å². The lowest BCUT2D eigenvalue weighted by Crippen LogP contribution is -2.53. The van der Waals surface area contributed by atoms with E-state index in [0.717, 1.165) is 25.0 Å². The molecule has 0 saturated carbocycles. The van der Waals surface area contributed by atoms with Crippen LogP contribution >= 0.6 is 12.2 Å². The standard InChI is InChI=1S/C16H17BN2O3S/c17-10-3-4-12-11(6-10)16(14(20)18-15(23)19-16)7-13(22-12)9-2-1-5-21-8-9/h3-4,6,9,13H,1-2,5,7-8H2,(H2,18,19,20,23). The lowest BCUT2D eigenvalue weighted by molar-refractivity contribution is -0.127. The molecule has 1 spiro atoms. The molecule has 7 heteroatoms. The number of nitrogens with one attached hydrogen (secondary N) is 2. The quantitative estimate of drug-likeness (QED) is 0.572. The van der Waals surface area contributed by atoms with Crippen LogP contribution in [0.2, 0.25) is 0 Å². The van der Waals surface area contributed by atoms with Crippen molar-refractivity contribution in [3.05, 3.63) is 23.8 Å². The van der Waals surface area contributed by atoms with Crippen molar-refractivity contribution < 1.29 is 14.3 Å². The van der Waals surface area contributed by atoms with E-state index in [1.807, 2.05) is 6.07 Å². The lowest BCUT2D eigenvalue weighted by atomic mass is 9.76. The number of rotatable bonds is 1. The molecule has 3 heterocycles. The Kier molecular flexibility index (Phi) is 3.57. The average Bonchev–Trinajstić information content (AvgIpc) is 2.83. The highest BCUT2D eigenvalue weighted by Gasteiger charge is 2.53. The predicted molar refractivity (Wildman–Crippen MR) is 90.0 cm³/mol. The number of thiocarbonyl (C=S) groups is 1. The van der Waals surface area contributed by atoms with E-state index in [4.69, 9.17) is 29.5 Å². The van der Waals surface area contributed by atoms with Crippen molar-refractivity contribution in [2.24, 2.45) is 5.92 Å². The smallest absolute Gasteiger partial charge is 0.256 e. The van der Waals surface area contributed by atoms with Gasteiger partial charge in [0.25, 0.3) is 5.91 Å². The average molecular weight is 328 g/mol. The molecule has 0 aliphatic carbocycles. The SMILES string of the molecule is [B]c1ccc2c(c1)C1(CC(C3CCCOC3)O2)NC(=S)NC1=O. The molecule has 2 fully saturated rings. The number of amides is 1. The minimum absolute atomic E-state index is 0.0921. The van der Waals surface area contributed by atoms with Crippen LogP contribution < -0.4 is 20.8 Å². The Morgan fingerprint density at radius 1 is 1.39 bits per heavy atom. The van der Waals surface area contributed by atoms with Crippen molar-refractivity contribution in [1.82, 2.24) is 10.6 Å². The lowest BCUT2D eigenvalue weighted by Gasteiger charge is -2.41. The van der Waals surface area contributed by atoms with E-state index < -0.39 is 5.54 Å². The maximum absolute atomic E-state index is 12.7. The van der Waals surface area contributed by atoms with Crippen LogP contribution in [-0.4, -0.2) is 38.2 Å². The van der Waals surface area contributed by atoms with Crippen molar-refractivity contribution in [3.8, 4) is 5.75 Å². The van der Waals surface area contributed by atoms with Crippen LogP contribution in [-0.2, 0) is 15.1 Å². The highest BCUT2D eigenvalue weighted by molar-refractivity contribution is 7.80. The minimum Gasteiger partial charge on any atom is -0.490 e. The van der Waals surface area contributed by atoms with Crippen molar-refractivity contribution in [1.29, 1.82) is 0 Å². The number of carbonyl (C=O) groups is 1. The maximum atomic E-state index is 12.7. The van der Waals surface area contributed by atoms with Crippen LogP contribution in [0.4, 0.5) is 0 Å². The molecule has 0 aromatic heterocycles. The second-order valence-electron chi connectivity index (χ2n) is 6.41. The Hall–Kier alpha value is -1.60. The topological polar surface area (TPSA) is 59.6 Å². The Bertz CT molecular complexity index is 677. The van der Waals surface area contributed by atoms with Gasteiger partial charge in [-0.3, -0.25) is 4.79 Å². The van der Waals surface area contributed by atoms with Crippen molar-refractivity contribution in [2.75, 3.05) is 13.2 Å². The number of benzene rings is 1. The second kappa shape index (κ2) is 5.49. The fourth-order valence-electron chi connectivity index (χ4n) is 3.75. The van der Waals surface area contributed by atoms with E-state index >= 15 is 0 Å². The van der Waals surface area contributed by atoms with Crippen LogP contribution in [0.5, 0.6) is 5.75 Å². The van der Waals surface area contributed by atoms with Gasteiger partial charge in [-0.15, -0.1) is 0 Å². The zero-order valence-corrected chi connectivity index (χ0v) is 13.4. The summed E-state index contributed by atoms with van der Waals surface area (Å²) in [7, 11) is 5.92. The van der Waals surface area contributed by atoms with Gasteiger partial charge in [-0.25, -0.2) is 0 Å². The molecule has 3 aliphatic rings. The fraction of sp³-hybridized carbons (Fsp3) is 0.500. The molecule has 2 radical (unpaired) electrons. The first-order valence-electron chi connectivity index (χ1n) is 7.86. The van der Waals surface area contributed by atoms with Crippen molar-refractivity contribution in [2.45, 2.75) is 30.9 Å². The van der Waals surface area contributed by atoms with E-state index in [2.05, 4.69) is 10.6 Å². The van der Waals surface area contributed by atoms with Crippen LogP contribution in [0.15, 0.2) is 18.2 Å². The normalized spacial score (nSPS) is 32.9. The van der Waals surface area contributed by atoms with Gasteiger partial charge in [-0.05, 0) is 31.1 Å². The molecule has 3 atom stereocenters. The number of carbonyl (C=O) groups excluding carboxylic acids is 1. The predicted octanol–water partition coefficient (Wildman–Crippen LogP) is 0.258. The monoisotopic (exact) mass is 328 g/mol. The summed E-state index contributed by atoms with van der Waals surface area (Å²) in [6.07, 6.45) is 2.48. The van der Waals surface area contributed by atoms with Crippen molar-refractivity contribution >= 4 is 36.5 Å². The van der Waals surface area contributed by atoms with Crippen LogP contribution in [0.1, 0.15) is 24.8 Å². The third kappa shape index (κ3) is 2.42. The Morgan fingerprint density at radius 2 is 2.26 bits per heavy atom. The Balaban J connectivity index is 1.76. The highest BCUT2D eigenvalue weighted by Crippen LogP contribution is 2.43. The van der Waals surface area contributed by atoms with Gasteiger partial charge in [0.1, 0.15) is 19.7 Å². The van der Waals surface area contributed by atoms with Gasteiger partial charge in [-0.1, -0.05) is 17.6 Å². The third-order valence-electron chi connectivity index (χ3n) is 4.91. The molecule has 1 amide bonds. The zero-order chi connectivity index (χ0) is 16.0. The first-order valence-corrected chi connectivity index (χ1v) is 8.27. The van der Waals surface area contributed by atoms with Crippen LogP contribution in [0.3, 0.4) is 0 Å². The summed E-state index contributed by atoms with van der Waals surface area (Å²) in [5.74, 6) is 0.822. The van der Waals surface area contributed by atoms with Gasteiger partial charge in [0.05, 0.1) is 6.61 Å². The Morgan fingerprint density at radius 3 is 2.96 bits per heavy atom. The van der Waals surface area contributed by atoms with Gasteiger partial charge in [0.15, 0.2) is 10.7 Å². The van der Waals surface area contributed by atoms with Gasteiger partial charge < -0.3 is 20.1 Å². The van der Waals surface area contributed by atoms with Crippen LogP contribution in [0, 0.1) is 5.92 Å². The van der Waals surface area contributed by atoms with E-state index in [0.29, 0.717) is 29.4 Å². The molecule has 118 valence electrons. The van der Waals surface area contributed by atoms with Gasteiger partial charge in [0, 0.05) is 24.5 Å². The third-order valence-corrected chi connectivity index (χ3v) is 5.12. The molecular formula is C16H17BN2O3S. The number of fused-ring (bicyclic) bond motifs is 2. The summed E-state index contributed by atoms with van der Waals surface area (Å²) in [5, 5.41) is 6.23. The zero-order valence-electron chi connectivity index (χ0n) is 12.6. The van der Waals surface area contributed by atoms with Crippen molar-refractivity contribution in [3.63, 3.8) is 0 Å². The molecule has 3 unspecified atom stereocenters. The second-order valence-corrected chi connectivity index (χ2v) is 6.82. The molecule has 0 bridgehead atoms. The molecule has 2 saturated heterocycles. The van der Waals surface area contributed by atoms with Gasteiger partial charge in [-0.2, -0.15) is 0 Å². The molecule has 4 rings (SSSR count). The van der Waals surface area contributed by atoms with E-state index in [1.165, 1.54) is 0 Å². The molecule has 5 nitrogen and oxygen atoms in total. The largest absolute Gasteiger partial charge is 0.490 e.